The first-order chi connectivity index (χ1) is 16.2. The number of carbonyl (C=O) groups is 2. The predicted molar refractivity (Wildman–Crippen MR) is 123 cm³/mol. The Morgan fingerprint density at radius 1 is 1.29 bits per heavy atom. The topological polar surface area (TPSA) is 143 Å². The smallest absolute Gasteiger partial charge is 0.341 e. The fourth-order valence-electron chi connectivity index (χ4n) is 4.08. The van der Waals surface area contributed by atoms with Crippen LogP contribution < -0.4 is 15.6 Å². The first kappa shape index (κ1) is 22.0. The number of hydrogen-bond acceptors (Lipinski definition) is 10. The van der Waals surface area contributed by atoms with Gasteiger partial charge in [0.25, 0.3) is 0 Å². The van der Waals surface area contributed by atoms with Gasteiger partial charge in [0.1, 0.15) is 29.6 Å². The number of allylic oxidation sites excluding steroid dienone is 1. The van der Waals surface area contributed by atoms with Crippen molar-refractivity contribution in [2.24, 2.45) is 5.92 Å². The van der Waals surface area contributed by atoms with Gasteiger partial charge in [-0.15, -0.1) is 5.06 Å². The lowest BCUT2D eigenvalue weighted by Gasteiger charge is -2.39. The number of aryl methyl sites for hydroxylation is 1. The molecule has 0 aromatic carbocycles. The van der Waals surface area contributed by atoms with Crippen LogP contribution in [0.3, 0.4) is 0 Å². The van der Waals surface area contributed by atoms with Crippen molar-refractivity contribution in [1.82, 2.24) is 29.3 Å². The zero-order valence-corrected chi connectivity index (χ0v) is 19.4. The maximum absolute atomic E-state index is 12.9. The summed E-state index contributed by atoms with van der Waals surface area (Å²) in [6.45, 7) is 4.47. The summed E-state index contributed by atoms with van der Waals surface area (Å²) in [5.74, 6) is -0.316. The molecule has 5 rings (SSSR count). The summed E-state index contributed by atoms with van der Waals surface area (Å²) in [4.78, 5) is 53.4. The van der Waals surface area contributed by atoms with Gasteiger partial charge in [-0.2, -0.15) is 4.37 Å². The minimum Gasteiger partial charge on any atom is -0.477 e. The number of hydrogen-bond donors (Lipinski definition) is 2. The summed E-state index contributed by atoms with van der Waals surface area (Å²) in [5.41, 5.74) is -0.0947. The Kier molecular flexibility index (Phi) is 5.29. The zero-order chi connectivity index (χ0) is 24.1. The number of aromatic nitrogens is 4. The fraction of sp³-hybridized carbons (Fsp3) is 0.333. The van der Waals surface area contributed by atoms with Gasteiger partial charge < -0.3 is 20.2 Å². The van der Waals surface area contributed by atoms with Gasteiger partial charge in [-0.25, -0.2) is 14.8 Å². The van der Waals surface area contributed by atoms with E-state index in [0.717, 1.165) is 17.3 Å². The summed E-state index contributed by atoms with van der Waals surface area (Å²) in [6, 6.07) is 1.73. The molecule has 12 nitrogen and oxygen atoms in total. The molecule has 2 aliphatic rings. The minimum atomic E-state index is -1.33. The average molecular weight is 484 g/mol. The Morgan fingerprint density at radius 2 is 2.06 bits per heavy atom. The number of carboxylic acid groups (broad SMARTS) is 1. The highest BCUT2D eigenvalue weighted by Crippen LogP contribution is 2.28. The molecule has 13 heteroatoms. The number of carbonyl (C=O) groups excluding carboxylic acids is 1. The van der Waals surface area contributed by atoms with Crippen molar-refractivity contribution in [2.45, 2.75) is 20.0 Å². The molecule has 0 bridgehead atoms. The minimum absolute atomic E-state index is 0.0861. The number of aromatic carboxylic acids is 1. The largest absolute Gasteiger partial charge is 0.477 e. The third kappa shape index (κ3) is 3.68. The molecule has 5 heterocycles. The molecule has 2 N–H and O–H groups in total. The Morgan fingerprint density at radius 3 is 2.68 bits per heavy atom. The van der Waals surface area contributed by atoms with Crippen molar-refractivity contribution in [1.29, 1.82) is 0 Å². The van der Waals surface area contributed by atoms with E-state index >= 15 is 0 Å². The van der Waals surface area contributed by atoms with Crippen molar-refractivity contribution < 1.29 is 19.5 Å². The number of rotatable bonds is 5. The molecule has 1 unspecified atom stereocenters. The molecule has 3 aromatic heterocycles. The van der Waals surface area contributed by atoms with Crippen molar-refractivity contribution in [3.05, 3.63) is 51.8 Å². The second-order valence-electron chi connectivity index (χ2n) is 8.24. The normalized spacial score (nSPS) is 18.5. The second-order valence-corrected chi connectivity index (χ2v) is 9.00. The lowest BCUT2D eigenvalue weighted by Crippen LogP contribution is -2.56. The van der Waals surface area contributed by atoms with Crippen molar-refractivity contribution in [3.8, 4) is 5.13 Å². The molecule has 1 fully saturated rings. The number of nitrogens with zero attached hydrogens (tertiary/aromatic N) is 6. The van der Waals surface area contributed by atoms with Gasteiger partial charge in [-0.05, 0) is 31.6 Å². The van der Waals surface area contributed by atoms with Crippen LogP contribution in [-0.2, 0) is 9.63 Å². The second kappa shape index (κ2) is 8.18. The van der Waals surface area contributed by atoms with Crippen LogP contribution in [0.4, 0.5) is 5.82 Å². The molecule has 0 spiro atoms. The van der Waals surface area contributed by atoms with E-state index in [4.69, 9.17) is 4.84 Å². The molecular formula is C21H21N7O5S. The summed E-state index contributed by atoms with van der Waals surface area (Å²) in [7, 11) is 1.75. The molecule has 0 aliphatic carbocycles. The summed E-state index contributed by atoms with van der Waals surface area (Å²) in [5, 5.41) is 14.6. The van der Waals surface area contributed by atoms with Gasteiger partial charge in [-0.3, -0.25) is 14.2 Å². The monoisotopic (exact) mass is 483 g/mol. The number of hydroxylamine groups is 2. The van der Waals surface area contributed by atoms with Gasteiger partial charge in [-0.1, -0.05) is 0 Å². The number of likely N-dealkylation sites (N-methyl/N-ethyl adjacent to an activating group) is 1. The van der Waals surface area contributed by atoms with E-state index in [-0.39, 0.29) is 28.9 Å². The number of fused-ring (bicyclic) bond motifs is 1. The van der Waals surface area contributed by atoms with E-state index < -0.39 is 11.4 Å². The summed E-state index contributed by atoms with van der Waals surface area (Å²) < 4.78 is 5.45. The molecule has 3 aromatic rings. The van der Waals surface area contributed by atoms with E-state index in [2.05, 4.69) is 19.7 Å². The van der Waals surface area contributed by atoms with Crippen LogP contribution in [0.1, 0.15) is 22.8 Å². The third-order valence-corrected chi connectivity index (χ3v) is 6.53. The standard InChI is InChI=1S/C21H21N7O5S/c1-10-4-15(27-6-12(7-27)19(30)25-14-5-11(2)33-26(14)3)24-18-16(10)17(29)13(20(31)32)8-28(18)21-22-9-23-34-21/h4-5,8-9,12,14H,6-7H2,1-3H3,(H,25,30)(H,31,32). The fourth-order valence-corrected chi connectivity index (χ4v) is 4.59. The third-order valence-electron chi connectivity index (χ3n) is 5.87. The lowest BCUT2D eigenvalue weighted by atomic mass is 9.98. The highest BCUT2D eigenvalue weighted by Gasteiger charge is 2.36. The highest BCUT2D eigenvalue weighted by molar-refractivity contribution is 7.08. The molecular weight excluding hydrogens is 462 g/mol. The van der Waals surface area contributed by atoms with Crippen LogP contribution in [0.5, 0.6) is 0 Å². The van der Waals surface area contributed by atoms with Crippen LogP contribution in [0, 0.1) is 12.8 Å². The summed E-state index contributed by atoms with van der Waals surface area (Å²) >= 11 is 1.06. The van der Waals surface area contributed by atoms with Crippen LogP contribution in [-0.4, -0.2) is 67.3 Å². The molecule has 34 heavy (non-hydrogen) atoms. The van der Waals surface area contributed by atoms with E-state index in [9.17, 15) is 19.5 Å². The molecule has 2 aliphatic heterocycles. The number of pyridine rings is 2. The van der Waals surface area contributed by atoms with E-state index in [0.29, 0.717) is 35.2 Å². The van der Waals surface area contributed by atoms with E-state index in [1.807, 2.05) is 17.9 Å². The number of carboxylic acids is 1. The van der Waals surface area contributed by atoms with Gasteiger partial charge in [0.15, 0.2) is 5.65 Å². The quantitative estimate of drug-likeness (QED) is 0.537. The van der Waals surface area contributed by atoms with E-state index in [1.54, 1.807) is 25.1 Å². The maximum Gasteiger partial charge on any atom is 0.341 e. The molecule has 1 amide bonds. The van der Waals surface area contributed by atoms with Gasteiger partial charge in [0.2, 0.25) is 16.5 Å². The van der Waals surface area contributed by atoms with Crippen LogP contribution >= 0.6 is 11.5 Å². The van der Waals surface area contributed by atoms with Crippen LogP contribution in [0.2, 0.25) is 0 Å². The van der Waals surface area contributed by atoms with E-state index in [1.165, 1.54) is 17.1 Å². The SMILES string of the molecule is CC1=CC(NC(=O)C2CN(c3cc(C)c4c(=O)c(C(=O)O)cn(-c5ncns5)c4n3)C2)N(C)O1. The van der Waals surface area contributed by atoms with Crippen LogP contribution in [0.25, 0.3) is 16.2 Å². The Hall–Kier alpha value is -3.84. The zero-order valence-electron chi connectivity index (χ0n) is 18.6. The maximum atomic E-state index is 12.9. The number of anilines is 1. The molecule has 1 atom stereocenters. The molecule has 0 radical (unpaired) electrons. The molecule has 0 saturated carbocycles. The predicted octanol–water partition coefficient (Wildman–Crippen LogP) is 0.903. The number of nitrogens with one attached hydrogen (secondary N) is 1. The van der Waals surface area contributed by atoms with Crippen molar-refractivity contribution in [3.63, 3.8) is 0 Å². The van der Waals surface area contributed by atoms with Crippen molar-refractivity contribution >= 4 is 40.3 Å². The Bertz CT molecular complexity index is 1390. The highest BCUT2D eigenvalue weighted by atomic mass is 32.1. The Labute approximate surface area is 197 Å². The summed E-state index contributed by atoms with van der Waals surface area (Å²) in [6.07, 6.45) is 4.10. The average Bonchev–Trinajstić information content (AvgIpc) is 3.36. The molecule has 1 saturated heterocycles. The van der Waals surface area contributed by atoms with Gasteiger partial charge in [0.05, 0.1) is 11.3 Å². The van der Waals surface area contributed by atoms with Crippen molar-refractivity contribution in [2.75, 3.05) is 25.0 Å². The van der Waals surface area contributed by atoms with Gasteiger partial charge in [0, 0.05) is 37.9 Å². The van der Waals surface area contributed by atoms with Gasteiger partial charge >= 0.3 is 5.97 Å². The van der Waals surface area contributed by atoms with Crippen LogP contribution in [0.15, 0.2) is 35.2 Å². The first-order valence-electron chi connectivity index (χ1n) is 10.4. The lowest BCUT2D eigenvalue weighted by molar-refractivity contribution is -0.135. The Balaban J connectivity index is 1.44. The first-order valence-corrected chi connectivity index (χ1v) is 11.2. The number of amides is 1. The molecule has 176 valence electrons.